The Morgan fingerprint density at radius 1 is 1.37 bits per heavy atom. The van der Waals surface area contributed by atoms with E-state index in [1.54, 1.807) is 18.8 Å². The molecule has 0 atom stereocenters. The lowest BCUT2D eigenvalue weighted by Crippen LogP contribution is -2.37. The van der Waals surface area contributed by atoms with Gasteiger partial charge in [0.15, 0.2) is 0 Å². The summed E-state index contributed by atoms with van der Waals surface area (Å²) in [7, 11) is 1.69. The summed E-state index contributed by atoms with van der Waals surface area (Å²) < 4.78 is 0. The van der Waals surface area contributed by atoms with E-state index in [9.17, 15) is 9.59 Å². The van der Waals surface area contributed by atoms with Crippen molar-refractivity contribution in [2.45, 2.75) is 17.9 Å². The number of amides is 2. The zero-order valence-corrected chi connectivity index (χ0v) is 11.9. The van der Waals surface area contributed by atoms with Gasteiger partial charge in [0.1, 0.15) is 0 Å². The molecule has 0 heterocycles. The Hall–Kier alpha value is -1.69. The maximum atomic E-state index is 11.7. The van der Waals surface area contributed by atoms with Gasteiger partial charge in [-0.3, -0.25) is 4.79 Å². The van der Waals surface area contributed by atoms with Crippen LogP contribution >= 0.6 is 11.8 Å². The first-order valence-corrected chi connectivity index (χ1v) is 7.09. The van der Waals surface area contributed by atoms with Crippen LogP contribution in [-0.2, 0) is 11.3 Å². The number of carboxylic acid groups (broad SMARTS) is 1. The number of hydrogen-bond acceptors (Lipinski definition) is 3. The van der Waals surface area contributed by atoms with E-state index in [1.807, 2.05) is 30.5 Å². The van der Waals surface area contributed by atoms with Crippen LogP contribution in [0.3, 0.4) is 0 Å². The molecule has 104 valence electrons. The molecule has 5 nitrogen and oxygen atoms in total. The summed E-state index contributed by atoms with van der Waals surface area (Å²) in [5.74, 6) is -0.921. The first-order chi connectivity index (χ1) is 9.04. The number of benzene rings is 1. The summed E-state index contributed by atoms with van der Waals surface area (Å²) in [5, 5.41) is 11.1. The van der Waals surface area contributed by atoms with Crippen LogP contribution in [0.15, 0.2) is 29.2 Å². The van der Waals surface area contributed by atoms with Crippen LogP contribution in [0.2, 0.25) is 0 Å². The zero-order chi connectivity index (χ0) is 14.3. The summed E-state index contributed by atoms with van der Waals surface area (Å²) in [5.41, 5.74) is 1.07. The average molecular weight is 282 g/mol. The van der Waals surface area contributed by atoms with Crippen LogP contribution in [0.4, 0.5) is 4.79 Å². The van der Waals surface area contributed by atoms with Gasteiger partial charge in [-0.25, -0.2) is 4.79 Å². The maximum Gasteiger partial charge on any atom is 0.317 e. The van der Waals surface area contributed by atoms with Crippen molar-refractivity contribution in [2.24, 2.45) is 0 Å². The highest BCUT2D eigenvalue weighted by atomic mass is 32.2. The van der Waals surface area contributed by atoms with Gasteiger partial charge in [-0.2, -0.15) is 0 Å². The molecule has 1 aromatic carbocycles. The molecule has 0 saturated heterocycles. The standard InChI is InChI=1S/C13H18N2O3S/c1-15(13(18)14-8-7-12(16)17)9-10-5-3-4-6-11(10)19-2/h3-6H,7-9H2,1-2H3,(H,14,18)(H,16,17). The Bertz CT molecular complexity index is 451. The van der Waals surface area contributed by atoms with Crippen LogP contribution in [0.25, 0.3) is 0 Å². The smallest absolute Gasteiger partial charge is 0.317 e. The van der Waals surface area contributed by atoms with Gasteiger partial charge in [-0.15, -0.1) is 11.8 Å². The number of urea groups is 1. The second-order valence-electron chi connectivity index (χ2n) is 4.04. The fourth-order valence-electron chi connectivity index (χ4n) is 1.57. The third kappa shape index (κ3) is 5.21. The molecule has 0 aliphatic heterocycles. The molecule has 0 aliphatic rings. The van der Waals surface area contributed by atoms with Gasteiger partial charge in [0.25, 0.3) is 0 Å². The average Bonchev–Trinajstić information content (AvgIpc) is 2.38. The number of carboxylic acids is 1. The predicted octanol–water partition coefficient (Wildman–Crippen LogP) is 2.02. The summed E-state index contributed by atoms with van der Waals surface area (Å²) in [4.78, 5) is 24.8. The fourth-order valence-corrected chi connectivity index (χ4v) is 2.18. The van der Waals surface area contributed by atoms with Crippen molar-refractivity contribution >= 4 is 23.8 Å². The Kier molecular flexibility index (Phi) is 6.21. The summed E-state index contributed by atoms with van der Waals surface area (Å²) in [6.07, 6.45) is 1.92. The Morgan fingerprint density at radius 3 is 2.68 bits per heavy atom. The molecule has 0 radical (unpaired) electrons. The molecule has 6 heteroatoms. The second kappa shape index (κ2) is 7.68. The molecule has 19 heavy (non-hydrogen) atoms. The molecule has 0 spiro atoms. The number of nitrogens with zero attached hydrogens (tertiary/aromatic N) is 1. The number of carbonyl (C=O) groups is 2. The maximum absolute atomic E-state index is 11.7. The highest BCUT2D eigenvalue weighted by Crippen LogP contribution is 2.20. The number of carbonyl (C=O) groups excluding carboxylic acids is 1. The Morgan fingerprint density at radius 2 is 2.05 bits per heavy atom. The molecule has 0 fully saturated rings. The second-order valence-corrected chi connectivity index (χ2v) is 4.89. The van der Waals surface area contributed by atoms with Gasteiger partial charge in [0.2, 0.25) is 0 Å². The van der Waals surface area contributed by atoms with Crippen molar-refractivity contribution < 1.29 is 14.7 Å². The van der Waals surface area contributed by atoms with Crippen LogP contribution in [0.5, 0.6) is 0 Å². The summed E-state index contributed by atoms with van der Waals surface area (Å²) in [6.45, 7) is 0.637. The third-order valence-electron chi connectivity index (χ3n) is 2.56. The summed E-state index contributed by atoms with van der Waals surface area (Å²) in [6, 6.07) is 7.62. The largest absolute Gasteiger partial charge is 0.481 e. The molecule has 0 bridgehead atoms. The minimum atomic E-state index is -0.921. The van der Waals surface area contributed by atoms with Crippen LogP contribution < -0.4 is 5.32 Å². The van der Waals surface area contributed by atoms with Gasteiger partial charge >= 0.3 is 12.0 Å². The van der Waals surface area contributed by atoms with Crippen LogP contribution in [0, 0.1) is 0 Å². The minimum Gasteiger partial charge on any atom is -0.481 e. The molecule has 2 N–H and O–H groups in total. The Balaban J connectivity index is 2.51. The SMILES string of the molecule is CSc1ccccc1CN(C)C(=O)NCCC(=O)O. The minimum absolute atomic E-state index is 0.0685. The monoisotopic (exact) mass is 282 g/mol. The molecule has 1 aromatic rings. The van der Waals surface area contributed by atoms with E-state index < -0.39 is 5.97 Å². The van der Waals surface area contributed by atoms with E-state index in [2.05, 4.69) is 5.32 Å². The molecule has 0 aromatic heterocycles. The first-order valence-electron chi connectivity index (χ1n) is 5.87. The number of rotatable bonds is 6. The zero-order valence-electron chi connectivity index (χ0n) is 11.0. The van der Waals surface area contributed by atoms with Crippen LogP contribution in [0.1, 0.15) is 12.0 Å². The number of aliphatic carboxylic acids is 1. The summed E-state index contributed by atoms with van der Waals surface area (Å²) >= 11 is 1.63. The highest BCUT2D eigenvalue weighted by Gasteiger charge is 2.10. The third-order valence-corrected chi connectivity index (χ3v) is 3.40. The quantitative estimate of drug-likeness (QED) is 0.783. The fraction of sp³-hybridized carbons (Fsp3) is 0.385. The molecular weight excluding hydrogens is 264 g/mol. The van der Waals surface area contributed by atoms with Crippen molar-refractivity contribution in [3.8, 4) is 0 Å². The van der Waals surface area contributed by atoms with Crippen molar-refractivity contribution in [3.63, 3.8) is 0 Å². The van der Waals surface area contributed by atoms with E-state index >= 15 is 0 Å². The van der Waals surface area contributed by atoms with Gasteiger partial charge in [0.05, 0.1) is 6.42 Å². The Labute approximate surface area is 117 Å². The molecule has 0 unspecified atom stereocenters. The number of hydrogen-bond donors (Lipinski definition) is 2. The van der Waals surface area contributed by atoms with E-state index in [-0.39, 0.29) is 19.0 Å². The topological polar surface area (TPSA) is 69.6 Å². The normalized spacial score (nSPS) is 10.0. The van der Waals surface area contributed by atoms with E-state index in [0.717, 1.165) is 10.5 Å². The van der Waals surface area contributed by atoms with Gasteiger partial charge < -0.3 is 15.3 Å². The van der Waals surface area contributed by atoms with Gasteiger partial charge in [0, 0.05) is 25.0 Å². The van der Waals surface area contributed by atoms with Gasteiger partial charge in [-0.05, 0) is 17.9 Å². The number of thioether (sulfide) groups is 1. The molecule has 0 aliphatic carbocycles. The molecular formula is C13H18N2O3S. The molecule has 0 saturated carbocycles. The molecule has 2 amide bonds. The lowest BCUT2D eigenvalue weighted by atomic mass is 10.2. The number of nitrogens with one attached hydrogen (secondary N) is 1. The van der Waals surface area contributed by atoms with Crippen LogP contribution in [-0.4, -0.2) is 41.9 Å². The first kappa shape index (κ1) is 15.4. The van der Waals surface area contributed by atoms with E-state index in [4.69, 9.17) is 5.11 Å². The predicted molar refractivity (Wildman–Crippen MR) is 75.3 cm³/mol. The van der Waals surface area contributed by atoms with Crippen molar-refractivity contribution in [2.75, 3.05) is 19.8 Å². The van der Waals surface area contributed by atoms with Crippen molar-refractivity contribution in [3.05, 3.63) is 29.8 Å². The highest BCUT2D eigenvalue weighted by molar-refractivity contribution is 7.98. The van der Waals surface area contributed by atoms with Crippen molar-refractivity contribution in [1.29, 1.82) is 0 Å². The lowest BCUT2D eigenvalue weighted by molar-refractivity contribution is -0.136. The van der Waals surface area contributed by atoms with E-state index in [1.165, 1.54) is 4.90 Å². The van der Waals surface area contributed by atoms with E-state index in [0.29, 0.717) is 6.54 Å². The lowest BCUT2D eigenvalue weighted by Gasteiger charge is -2.19. The molecule has 1 rings (SSSR count). The van der Waals surface area contributed by atoms with Crippen molar-refractivity contribution in [1.82, 2.24) is 10.2 Å². The van der Waals surface area contributed by atoms with Gasteiger partial charge in [-0.1, -0.05) is 18.2 Å².